The average Bonchev–Trinajstić information content (AvgIpc) is 2.43. The van der Waals surface area contributed by atoms with Gasteiger partial charge in [0.2, 0.25) is 0 Å². The Hall–Kier alpha value is -0.770. The molecule has 1 aliphatic rings. The zero-order valence-corrected chi connectivity index (χ0v) is 15.3. The van der Waals surface area contributed by atoms with E-state index in [1.807, 2.05) is 27.7 Å². The lowest BCUT2D eigenvalue weighted by atomic mass is 9.83. The van der Waals surface area contributed by atoms with Crippen molar-refractivity contribution in [2.45, 2.75) is 84.8 Å². The first-order valence-corrected chi connectivity index (χ1v) is 9.07. The minimum atomic E-state index is -0.421. The van der Waals surface area contributed by atoms with Gasteiger partial charge in [-0.1, -0.05) is 19.8 Å². The van der Waals surface area contributed by atoms with E-state index in [-0.39, 0.29) is 6.09 Å². The number of amides is 1. The zero-order chi connectivity index (χ0) is 16.6. The number of likely N-dealkylation sites (N-methyl/N-ethyl adjacent to an activating group) is 1. The van der Waals surface area contributed by atoms with Crippen LogP contribution < -0.4 is 5.32 Å². The van der Waals surface area contributed by atoms with E-state index >= 15 is 0 Å². The summed E-state index contributed by atoms with van der Waals surface area (Å²) < 4.78 is 5.43. The molecule has 1 saturated carbocycles. The Bertz CT molecular complexity index is 318. The predicted molar refractivity (Wildman–Crippen MR) is 92.1 cm³/mol. The molecule has 1 fully saturated rings. The first-order chi connectivity index (χ1) is 10.4. The number of nitrogens with one attached hydrogen (secondary N) is 1. The van der Waals surface area contributed by atoms with Crippen LogP contribution in [-0.4, -0.2) is 42.3 Å². The highest BCUT2D eigenvalue weighted by atomic mass is 16.6. The molecule has 1 amide bonds. The van der Waals surface area contributed by atoms with E-state index in [4.69, 9.17) is 4.74 Å². The van der Waals surface area contributed by atoms with Gasteiger partial charge in [-0.15, -0.1) is 0 Å². The smallest absolute Gasteiger partial charge is 0.410 e. The van der Waals surface area contributed by atoms with Crippen molar-refractivity contribution < 1.29 is 9.53 Å². The zero-order valence-electron chi connectivity index (χ0n) is 15.3. The van der Waals surface area contributed by atoms with Gasteiger partial charge in [0.15, 0.2) is 0 Å². The molecule has 0 heterocycles. The molecule has 0 aromatic carbocycles. The van der Waals surface area contributed by atoms with Crippen molar-refractivity contribution in [2.24, 2.45) is 5.92 Å². The van der Waals surface area contributed by atoms with Gasteiger partial charge in [-0.3, -0.25) is 0 Å². The van der Waals surface area contributed by atoms with Gasteiger partial charge < -0.3 is 15.0 Å². The number of ether oxygens (including phenoxy) is 1. The van der Waals surface area contributed by atoms with Crippen LogP contribution >= 0.6 is 0 Å². The Labute approximate surface area is 137 Å². The highest BCUT2D eigenvalue weighted by Gasteiger charge is 2.22. The molecule has 0 unspecified atom stereocenters. The quantitative estimate of drug-likeness (QED) is 0.766. The lowest BCUT2D eigenvalue weighted by Crippen LogP contribution is -2.43. The Morgan fingerprint density at radius 2 is 1.82 bits per heavy atom. The molecule has 1 rings (SSSR count). The van der Waals surface area contributed by atoms with E-state index in [9.17, 15) is 4.79 Å². The van der Waals surface area contributed by atoms with Gasteiger partial charge in [-0.05, 0) is 59.3 Å². The fourth-order valence-corrected chi connectivity index (χ4v) is 3.17. The van der Waals surface area contributed by atoms with Crippen LogP contribution in [0.1, 0.15) is 73.1 Å². The van der Waals surface area contributed by atoms with E-state index in [0.29, 0.717) is 12.6 Å². The molecule has 4 nitrogen and oxygen atoms in total. The van der Waals surface area contributed by atoms with Crippen LogP contribution in [0.2, 0.25) is 0 Å². The van der Waals surface area contributed by atoms with Gasteiger partial charge in [-0.2, -0.15) is 0 Å². The minimum Gasteiger partial charge on any atom is -0.444 e. The predicted octanol–water partition coefficient (Wildman–Crippen LogP) is 4.19. The molecular weight excluding hydrogens is 276 g/mol. The minimum absolute atomic E-state index is 0.205. The number of hydrogen-bond donors (Lipinski definition) is 1. The van der Waals surface area contributed by atoms with Gasteiger partial charge in [0.25, 0.3) is 0 Å². The van der Waals surface area contributed by atoms with Crippen LogP contribution in [0.25, 0.3) is 0 Å². The van der Waals surface area contributed by atoms with E-state index in [1.54, 1.807) is 4.90 Å². The molecule has 4 heteroatoms. The number of carbonyl (C=O) groups is 1. The third kappa shape index (κ3) is 7.48. The Morgan fingerprint density at radius 1 is 1.18 bits per heavy atom. The van der Waals surface area contributed by atoms with Gasteiger partial charge in [-0.25, -0.2) is 4.79 Å². The lowest BCUT2D eigenvalue weighted by molar-refractivity contribution is 0.0260. The van der Waals surface area contributed by atoms with E-state index in [0.717, 1.165) is 19.0 Å². The number of hydrogen-bond acceptors (Lipinski definition) is 3. The molecule has 0 aromatic rings. The second-order valence-electron chi connectivity index (χ2n) is 7.52. The summed E-state index contributed by atoms with van der Waals surface area (Å²) in [6.45, 7) is 12.3. The average molecular weight is 312 g/mol. The largest absolute Gasteiger partial charge is 0.444 e. The maximum Gasteiger partial charge on any atom is 0.410 e. The van der Waals surface area contributed by atoms with Crippen molar-refractivity contribution >= 4 is 6.09 Å². The van der Waals surface area contributed by atoms with Crippen LogP contribution in [-0.2, 0) is 4.74 Å². The Balaban J connectivity index is 2.23. The first kappa shape index (κ1) is 19.3. The molecule has 0 aromatic heterocycles. The summed E-state index contributed by atoms with van der Waals surface area (Å²) in [5, 5.41) is 3.62. The molecule has 0 radical (unpaired) electrons. The molecule has 1 aliphatic carbocycles. The van der Waals surface area contributed by atoms with Crippen molar-refractivity contribution in [3.05, 3.63) is 0 Å². The fourth-order valence-electron chi connectivity index (χ4n) is 3.17. The summed E-state index contributed by atoms with van der Waals surface area (Å²) in [4.78, 5) is 13.8. The van der Waals surface area contributed by atoms with Gasteiger partial charge in [0.05, 0.1) is 0 Å². The molecule has 0 saturated heterocycles. The van der Waals surface area contributed by atoms with Crippen LogP contribution in [0.15, 0.2) is 0 Å². The summed E-state index contributed by atoms with van der Waals surface area (Å²) in [6.07, 6.45) is 7.76. The molecule has 22 heavy (non-hydrogen) atoms. The van der Waals surface area contributed by atoms with Crippen LogP contribution in [0.5, 0.6) is 0 Å². The van der Waals surface area contributed by atoms with Crippen molar-refractivity contribution in [2.75, 3.05) is 19.6 Å². The number of carbonyl (C=O) groups excluding carboxylic acids is 1. The summed E-state index contributed by atoms with van der Waals surface area (Å²) in [6, 6.07) is 0.630. The van der Waals surface area contributed by atoms with Crippen molar-refractivity contribution in [3.63, 3.8) is 0 Å². The van der Waals surface area contributed by atoms with Crippen LogP contribution in [0.3, 0.4) is 0 Å². The number of rotatable bonds is 7. The van der Waals surface area contributed by atoms with E-state index in [2.05, 4.69) is 12.2 Å². The summed E-state index contributed by atoms with van der Waals surface area (Å²) in [5.41, 5.74) is -0.421. The molecule has 0 atom stereocenters. The van der Waals surface area contributed by atoms with E-state index in [1.165, 1.54) is 38.5 Å². The van der Waals surface area contributed by atoms with Crippen molar-refractivity contribution in [1.82, 2.24) is 10.2 Å². The maximum absolute atomic E-state index is 12.1. The maximum atomic E-state index is 12.1. The van der Waals surface area contributed by atoms with Gasteiger partial charge in [0.1, 0.15) is 5.60 Å². The van der Waals surface area contributed by atoms with Crippen molar-refractivity contribution in [1.29, 1.82) is 0 Å². The van der Waals surface area contributed by atoms with Gasteiger partial charge >= 0.3 is 6.09 Å². The molecule has 0 spiro atoms. The van der Waals surface area contributed by atoms with Gasteiger partial charge in [0, 0.05) is 25.7 Å². The summed E-state index contributed by atoms with van der Waals surface area (Å²) >= 11 is 0. The molecule has 130 valence electrons. The van der Waals surface area contributed by atoms with Crippen molar-refractivity contribution in [3.8, 4) is 0 Å². The summed E-state index contributed by atoms with van der Waals surface area (Å²) in [7, 11) is 0. The topological polar surface area (TPSA) is 41.6 Å². The molecule has 0 aliphatic heterocycles. The summed E-state index contributed by atoms with van der Waals surface area (Å²) in [5.74, 6) is 0.942. The standard InChI is InChI=1S/C18H36N2O2/c1-6-8-15-9-11-16(12-10-15)19-13-14-20(7-2)17(21)22-18(3,4)5/h15-16,19H,6-14H2,1-5H3. The fraction of sp³-hybridized carbons (Fsp3) is 0.944. The SMILES string of the molecule is CCCC1CCC(NCCN(CC)C(=O)OC(C)(C)C)CC1. The normalized spacial score (nSPS) is 22.4. The Kier molecular flexibility index (Phi) is 8.23. The Morgan fingerprint density at radius 3 is 2.32 bits per heavy atom. The second-order valence-corrected chi connectivity index (χ2v) is 7.52. The molecule has 0 bridgehead atoms. The number of nitrogens with zero attached hydrogens (tertiary/aromatic N) is 1. The second kappa shape index (κ2) is 9.39. The van der Waals surface area contributed by atoms with E-state index < -0.39 is 5.60 Å². The lowest BCUT2D eigenvalue weighted by Gasteiger charge is -2.30. The third-order valence-electron chi connectivity index (χ3n) is 4.39. The third-order valence-corrected chi connectivity index (χ3v) is 4.39. The molecule has 1 N–H and O–H groups in total. The highest BCUT2D eigenvalue weighted by molar-refractivity contribution is 5.68. The monoisotopic (exact) mass is 312 g/mol. The van der Waals surface area contributed by atoms with Crippen LogP contribution in [0.4, 0.5) is 4.79 Å². The first-order valence-electron chi connectivity index (χ1n) is 9.07. The molecular formula is C18H36N2O2. The highest BCUT2D eigenvalue weighted by Crippen LogP contribution is 2.27. The van der Waals surface area contributed by atoms with Crippen LogP contribution in [0, 0.1) is 5.92 Å².